The molecule has 1 saturated heterocycles. The molecule has 0 spiro atoms. The number of carbonyl (C=O) groups is 2. The monoisotopic (exact) mass is 388 g/mol. The lowest BCUT2D eigenvalue weighted by Gasteiger charge is -2.41. The van der Waals surface area contributed by atoms with E-state index in [0.29, 0.717) is 18.6 Å². The second kappa shape index (κ2) is 8.37. The number of likely N-dealkylation sites (tertiary alicyclic amines) is 1. The number of primary amides is 1. The number of amides is 2. The van der Waals surface area contributed by atoms with Crippen LogP contribution in [0, 0.1) is 17.0 Å². The van der Waals surface area contributed by atoms with Gasteiger partial charge in [0.25, 0.3) is 5.91 Å². The second-order valence-electron chi connectivity index (χ2n) is 7.13. The number of para-hydroxylation sites is 1. The molecule has 1 aliphatic rings. The van der Waals surface area contributed by atoms with Gasteiger partial charge < -0.3 is 15.4 Å². The quantitative estimate of drug-likeness (QED) is 0.826. The summed E-state index contributed by atoms with van der Waals surface area (Å²) in [6, 6.07) is 12.5. The van der Waals surface area contributed by atoms with E-state index in [2.05, 4.69) is 0 Å². The molecule has 0 unspecified atom stereocenters. The highest BCUT2D eigenvalue weighted by molar-refractivity contribution is 5.94. The zero-order chi connectivity index (χ0) is 20.1. The number of halogens is 2. The molecule has 5 nitrogen and oxygen atoms in total. The lowest BCUT2D eigenvalue weighted by molar-refractivity contribution is -0.121. The van der Waals surface area contributed by atoms with Gasteiger partial charge in [0.2, 0.25) is 5.91 Å². The fourth-order valence-electron chi connectivity index (χ4n) is 3.54. The lowest BCUT2D eigenvalue weighted by atomic mass is 9.76. The normalized spacial score (nSPS) is 15.9. The molecule has 2 aromatic carbocycles. The number of ether oxygens (including phenoxy) is 1. The minimum absolute atomic E-state index is 0.121. The van der Waals surface area contributed by atoms with E-state index >= 15 is 0 Å². The topological polar surface area (TPSA) is 72.6 Å². The van der Waals surface area contributed by atoms with Gasteiger partial charge >= 0.3 is 0 Å². The van der Waals surface area contributed by atoms with Crippen molar-refractivity contribution in [3.05, 3.63) is 65.7 Å². The highest BCUT2D eigenvalue weighted by Gasteiger charge is 2.39. The summed E-state index contributed by atoms with van der Waals surface area (Å²) in [6.07, 6.45) is 1.02. The van der Waals surface area contributed by atoms with Crippen LogP contribution < -0.4 is 10.5 Å². The van der Waals surface area contributed by atoms with Crippen LogP contribution in [0.3, 0.4) is 0 Å². The number of nitrogens with two attached hydrogens (primary N) is 1. The van der Waals surface area contributed by atoms with Gasteiger partial charge in [0.15, 0.2) is 0 Å². The van der Waals surface area contributed by atoms with Crippen LogP contribution in [0.5, 0.6) is 5.75 Å². The van der Waals surface area contributed by atoms with E-state index in [-0.39, 0.29) is 26.1 Å². The van der Waals surface area contributed by atoms with Gasteiger partial charge in [0.1, 0.15) is 22.9 Å². The molecular weight excluding hydrogens is 366 g/mol. The third-order valence-corrected chi connectivity index (χ3v) is 5.13. The summed E-state index contributed by atoms with van der Waals surface area (Å²) in [4.78, 5) is 25.6. The maximum Gasteiger partial charge on any atom is 0.259 e. The van der Waals surface area contributed by atoms with Gasteiger partial charge in [-0.25, -0.2) is 8.78 Å². The first-order chi connectivity index (χ1) is 13.4. The van der Waals surface area contributed by atoms with Crippen molar-refractivity contribution in [3.63, 3.8) is 0 Å². The van der Waals surface area contributed by atoms with E-state index in [9.17, 15) is 18.4 Å². The van der Waals surface area contributed by atoms with Gasteiger partial charge in [-0.1, -0.05) is 24.3 Å². The maximum absolute atomic E-state index is 13.9. The summed E-state index contributed by atoms with van der Waals surface area (Å²) in [6.45, 7) is 0.798. The third kappa shape index (κ3) is 4.47. The zero-order valence-electron chi connectivity index (χ0n) is 15.4. The SMILES string of the molecule is NC(=O)CC1(COc2ccccc2)CCN(C(=O)c2c(F)cccc2F)CC1. The van der Waals surface area contributed by atoms with Gasteiger partial charge in [-0.15, -0.1) is 0 Å². The molecule has 2 amide bonds. The smallest absolute Gasteiger partial charge is 0.259 e. The van der Waals surface area contributed by atoms with Crippen molar-refractivity contribution in [3.8, 4) is 5.75 Å². The van der Waals surface area contributed by atoms with Gasteiger partial charge in [-0.05, 0) is 37.1 Å². The number of nitrogens with zero attached hydrogens (tertiary/aromatic N) is 1. The van der Waals surface area contributed by atoms with Crippen molar-refractivity contribution in [2.45, 2.75) is 19.3 Å². The Bertz CT molecular complexity index is 830. The number of hydrogen-bond donors (Lipinski definition) is 1. The summed E-state index contributed by atoms with van der Waals surface area (Å²) in [5.74, 6) is -2.22. The van der Waals surface area contributed by atoms with Crippen molar-refractivity contribution in [2.24, 2.45) is 11.1 Å². The predicted molar refractivity (Wildman–Crippen MR) is 99.7 cm³/mol. The number of hydrogen-bond acceptors (Lipinski definition) is 3. The number of piperidine rings is 1. The predicted octanol–water partition coefficient (Wildman–Crippen LogP) is 3.14. The van der Waals surface area contributed by atoms with Crippen molar-refractivity contribution >= 4 is 11.8 Å². The van der Waals surface area contributed by atoms with Crippen LogP contribution in [0.15, 0.2) is 48.5 Å². The summed E-state index contributed by atoms with van der Waals surface area (Å²) in [5, 5.41) is 0. The zero-order valence-corrected chi connectivity index (χ0v) is 15.4. The fourth-order valence-corrected chi connectivity index (χ4v) is 3.54. The molecule has 3 rings (SSSR count). The lowest BCUT2D eigenvalue weighted by Crippen LogP contribution is -2.47. The molecule has 0 saturated carbocycles. The Morgan fingerprint density at radius 2 is 1.61 bits per heavy atom. The van der Waals surface area contributed by atoms with Gasteiger partial charge in [0.05, 0.1) is 6.61 Å². The molecule has 1 aliphatic heterocycles. The Hall–Kier alpha value is -2.96. The van der Waals surface area contributed by atoms with E-state index in [1.165, 1.54) is 11.0 Å². The average molecular weight is 388 g/mol. The van der Waals surface area contributed by atoms with Crippen molar-refractivity contribution < 1.29 is 23.1 Å². The van der Waals surface area contributed by atoms with E-state index in [1.807, 2.05) is 30.3 Å². The van der Waals surface area contributed by atoms with Crippen molar-refractivity contribution in [1.82, 2.24) is 4.90 Å². The van der Waals surface area contributed by atoms with Crippen LogP contribution in [0.1, 0.15) is 29.6 Å². The van der Waals surface area contributed by atoms with Crippen molar-refractivity contribution in [1.29, 1.82) is 0 Å². The Balaban J connectivity index is 1.70. The summed E-state index contributed by atoms with van der Waals surface area (Å²) in [7, 11) is 0. The Labute approximate surface area is 162 Å². The van der Waals surface area contributed by atoms with Crippen LogP contribution in [-0.2, 0) is 4.79 Å². The molecule has 0 atom stereocenters. The first kappa shape index (κ1) is 19.8. The molecule has 28 heavy (non-hydrogen) atoms. The average Bonchev–Trinajstić information content (AvgIpc) is 2.67. The van der Waals surface area contributed by atoms with Gasteiger partial charge in [-0.3, -0.25) is 9.59 Å². The highest BCUT2D eigenvalue weighted by Crippen LogP contribution is 2.36. The van der Waals surface area contributed by atoms with E-state index in [0.717, 1.165) is 12.1 Å². The van der Waals surface area contributed by atoms with Crippen LogP contribution in [0.2, 0.25) is 0 Å². The molecule has 1 fully saturated rings. The van der Waals surface area contributed by atoms with E-state index in [4.69, 9.17) is 10.5 Å². The Morgan fingerprint density at radius 3 is 2.18 bits per heavy atom. The van der Waals surface area contributed by atoms with Crippen molar-refractivity contribution in [2.75, 3.05) is 19.7 Å². The van der Waals surface area contributed by atoms with Crippen LogP contribution in [-0.4, -0.2) is 36.4 Å². The number of carbonyl (C=O) groups excluding carboxylic acids is 2. The second-order valence-corrected chi connectivity index (χ2v) is 7.13. The van der Waals surface area contributed by atoms with Gasteiger partial charge in [-0.2, -0.15) is 0 Å². The fraction of sp³-hybridized carbons (Fsp3) is 0.333. The first-order valence-electron chi connectivity index (χ1n) is 9.10. The largest absolute Gasteiger partial charge is 0.493 e. The molecule has 0 aliphatic carbocycles. The highest BCUT2D eigenvalue weighted by atomic mass is 19.1. The Morgan fingerprint density at radius 1 is 1.00 bits per heavy atom. The summed E-state index contributed by atoms with van der Waals surface area (Å²) < 4.78 is 33.7. The van der Waals surface area contributed by atoms with E-state index in [1.54, 1.807) is 0 Å². The van der Waals surface area contributed by atoms with E-state index < -0.39 is 34.4 Å². The summed E-state index contributed by atoms with van der Waals surface area (Å²) >= 11 is 0. The molecular formula is C21H22F2N2O3. The Kier molecular flexibility index (Phi) is 5.92. The molecule has 0 bridgehead atoms. The molecule has 0 aromatic heterocycles. The standard InChI is InChI=1S/C21H22F2N2O3/c22-16-7-4-8-17(23)19(16)20(27)25-11-9-21(10-12-25,13-18(24)26)14-28-15-5-2-1-3-6-15/h1-8H,9-14H2,(H2,24,26). The number of rotatable bonds is 6. The van der Waals surface area contributed by atoms with Crippen LogP contribution >= 0.6 is 0 Å². The molecule has 7 heteroatoms. The minimum Gasteiger partial charge on any atom is -0.493 e. The van der Waals surface area contributed by atoms with Crippen LogP contribution in [0.4, 0.5) is 8.78 Å². The molecule has 148 valence electrons. The van der Waals surface area contributed by atoms with Gasteiger partial charge in [0, 0.05) is 24.9 Å². The van der Waals surface area contributed by atoms with Crippen LogP contribution in [0.25, 0.3) is 0 Å². The summed E-state index contributed by atoms with van der Waals surface area (Å²) in [5.41, 5.74) is 4.36. The first-order valence-corrected chi connectivity index (χ1v) is 9.10. The molecule has 2 aromatic rings. The maximum atomic E-state index is 13.9. The molecule has 1 heterocycles. The molecule has 2 N–H and O–H groups in total. The number of benzene rings is 2. The molecule has 0 radical (unpaired) electrons. The third-order valence-electron chi connectivity index (χ3n) is 5.13. The minimum atomic E-state index is -0.883.